The zero-order valence-corrected chi connectivity index (χ0v) is 16.8. The molecule has 0 N–H and O–H groups in total. The van der Waals surface area contributed by atoms with Crippen LogP contribution in [0, 0.1) is 0 Å². The number of para-hydroxylation sites is 4. The maximum atomic E-state index is 10.3. The monoisotopic (exact) mass is 470 g/mol. The summed E-state index contributed by atoms with van der Waals surface area (Å²) in [7, 11) is 0. The quantitative estimate of drug-likeness (QED) is 0.343. The first kappa shape index (κ1) is 20.5. The van der Waals surface area contributed by atoms with Gasteiger partial charge in [-0.05, 0) is 24.3 Å². The average molecular weight is 471 g/mol. The van der Waals surface area contributed by atoms with Gasteiger partial charge in [0.2, 0.25) is 0 Å². The van der Waals surface area contributed by atoms with E-state index in [1.807, 2.05) is 48.5 Å². The van der Waals surface area contributed by atoms with E-state index in [1.54, 1.807) is 12.1 Å². The predicted octanol–water partition coefficient (Wildman–Crippen LogP) is 4.28. The molecule has 0 atom stereocenters. The molecular formula is C24H16N2O2Pd. The van der Waals surface area contributed by atoms with Gasteiger partial charge < -0.3 is 10.2 Å². The molecule has 0 aliphatic rings. The Morgan fingerprint density at radius 1 is 0.448 bits per heavy atom. The van der Waals surface area contributed by atoms with Crippen LogP contribution in [0.3, 0.4) is 0 Å². The summed E-state index contributed by atoms with van der Waals surface area (Å²) >= 11 is 0. The van der Waals surface area contributed by atoms with Crippen molar-refractivity contribution < 1.29 is 30.6 Å². The molecule has 0 spiro atoms. The Morgan fingerprint density at radius 2 is 0.828 bits per heavy atom. The van der Waals surface area contributed by atoms with Gasteiger partial charge in [-0.25, -0.2) is 9.97 Å². The molecule has 0 radical (unpaired) electrons. The van der Waals surface area contributed by atoms with Gasteiger partial charge in [-0.1, -0.05) is 72.8 Å². The van der Waals surface area contributed by atoms with Crippen LogP contribution in [0.15, 0.2) is 97.1 Å². The van der Waals surface area contributed by atoms with Crippen molar-refractivity contribution in [3.05, 3.63) is 97.1 Å². The zero-order chi connectivity index (χ0) is 19.3. The van der Waals surface area contributed by atoms with Gasteiger partial charge in [0.25, 0.3) is 0 Å². The fraction of sp³-hybridized carbons (Fsp3) is 0. The van der Waals surface area contributed by atoms with Gasteiger partial charge in [0.15, 0.2) is 0 Å². The minimum absolute atomic E-state index is 0. The van der Waals surface area contributed by atoms with Gasteiger partial charge in [0.1, 0.15) is 0 Å². The van der Waals surface area contributed by atoms with Crippen LogP contribution in [-0.2, 0) is 20.4 Å². The molecule has 0 bridgehead atoms. The van der Waals surface area contributed by atoms with Crippen molar-refractivity contribution in [2.24, 2.45) is 0 Å². The first-order valence-corrected chi connectivity index (χ1v) is 8.86. The minimum Gasteiger partial charge on any atom is -0.873 e. The fourth-order valence-electron chi connectivity index (χ4n) is 2.87. The third-order valence-corrected chi connectivity index (χ3v) is 4.31. The van der Waals surface area contributed by atoms with Crippen LogP contribution >= 0.6 is 0 Å². The van der Waals surface area contributed by atoms with Crippen molar-refractivity contribution in [1.29, 1.82) is 0 Å². The second-order valence-corrected chi connectivity index (χ2v) is 6.23. The number of benzene rings is 3. The standard InChI is InChI=1S/C18H12N2.C6H6O2.Pd/c1-3-7-15-13(5-1)9-11-17(19-15)18-12-10-14-6-2-4-8-16(14)20-18;7-5-3-1-2-4-6(5)8;/h1-12H;1-4,7-8H;/q;;+2/p-2. The maximum Gasteiger partial charge on any atom is 2.00 e. The molecule has 0 unspecified atom stereocenters. The van der Waals surface area contributed by atoms with Crippen molar-refractivity contribution in [2.45, 2.75) is 0 Å². The van der Waals surface area contributed by atoms with E-state index in [0.717, 1.165) is 33.2 Å². The topological polar surface area (TPSA) is 71.9 Å². The summed E-state index contributed by atoms with van der Waals surface area (Å²) in [5.74, 6) is -0.875. The molecule has 2 aromatic heterocycles. The third-order valence-electron chi connectivity index (χ3n) is 4.31. The van der Waals surface area contributed by atoms with Crippen molar-refractivity contribution in [3.8, 4) is 22.9 Å². The maximum absolute atomic E-state index is 10.3. The van der Waals surface area contributed by atoms with Crippen LogP contribution < -0.4 is 10.2 Å². The zero-order valence-electron chi connectivity index (χ0n) is 15.3. The van der Waals surface area contributed by atoms with Crippen molar-refractivity contribution >= 4 is 21.8 Å². The number of fused-ring (bicyclic) bond motifs is 2. The van der Waals surface area contributed by atoms with Gasteiger partial charge in [-0.15, -0.1) is 11.5 Å². The molecule has 144 valence electrons. The third kappa shape index (κ3) is 4.78. The summed E-state index contributed by atoms with van der Waals surface area (Å²) in [6.07, 6.45) is 0. The van der Waals surface area contributed by atoms with E-state index in [0.29, 0.717) is 0 Å². The van der Waals surface area contributed by atoms with E-state index in [-0.39, 0.29) is 20.4 Å². The van der Waals surface area contributed by atoms with Gasteiger partial charge in [0.05, 0.1) is 22.4 Å². The minimum atomic E-state index is -0.437. The van der Waals surface area contributed by atoms with E-state index in [9.17, 15) is 10.2 Å². The van der Waals surface area contributed by atoms with Crippen LogP contribution in [0.5, 0.6) is 11.5 Å². The number of hydrogen-bond donors (Lipinski definition) is 0. The Hall–Kier alpha value is -3.26. The summed E-state index contributed by atoms with van der Waals surface area (Å²) in [6, 6.07) is 30.1. The smallest absolute Gasteiger partial charge is 0.873 e. The molecule has 0 fully saturated rings. The molecule has 0 saturated heterocycles. The number of hydrogen-bond acceptors (Lipinski definition) is 4. The summed E-state index contributed by atoms with van der Waals surface area (Å²) in [6.45, 7) is 0. The summed E-state index contributed by atoms with van der Waals surface area (Å²) < 4.78 is 0. The molecule has 29 heavy (non-hydrogen) atoms. The molecule has 3 aromatic carbocycles. The number of rotatable bonds is 1. The molecule has 0 saturated carbocycles. The largest absolute Gasteiger partial charge is 2.00 e. The van der Waals surface area contributed by atoms with Crippen LogP contribution in [0.4, 0.5) is 0 Å². The van der Waals surface area contributed by atoms with Crippen LogP contribution in [0.1, 0.15) is 0 Å². The normalized spacial score (nSPS) is 10.1. The average Bonchev–Trinajstić information content (AvgIpc) is 2.75. The van der Waals surface area contributed by atoms with Crippen LogP contribution in [-0.4, -0.2) is 9.97 Å². The Balaban J connectivity index is 0.000000228. The van der Waals surface area contributed by atoms with E-state index >= 15 is 0 Å². The summed E-state index contributed by atoms with van der Waals surface area (Å²) in [5.41, 5.74) is 3.82. The predicted molar refractivity (Wildman–Crippen MR) is 108 cm³/mol. The molecule has 5 aromatic rings. The van der Waals surface area contributed by atoms with Crippen LogP contribution in [0.25, 0.3) is 33.2 Å². The molecule has 4 nitrogen and oxygen atoms in total. The first-order valence-electron chi connectivity index (χ1n) is 8.86. The molecule has 2 heterocycles. The Morgan fingerprint density at radius 3 is 1.24 bits per heavy atom. The molecule has 0 amide bonds. The second-order valence-electron chi connectivity index (χ2n) is 6.23. The molecule has 0 aliphatic heterocycles. The second kappa shape index (κ2) is 9.29. The van der Waals surface area contributed by atoms with E-state index in [1.165, 1.54) is 12.1 Å². The van der Waals surface area contributed by atoms with Crippen LogP contribution in [0.2, 0.25) is 0 Å². The number of nitrogens with zero attached hydrogens (tertiary/aromatic N) is 2. The molecule has 5 rings (SSSR count). The molecule has 0 aliphatic carbocycles. The number of pyridine rings is 2. The Labute approximate surface area is 182 Å². The van der Waals surface area contributed by atoms with E-state index in [2.05, 4.69) is 34.2 Å². The Bertz CT molecular complexity index is 1160. The van der Waals surface area contributed by atoms with Crippen molar-refractivity contribution in [1.82, 2.24) is 9.97 Å². The van der Waals surface area contributed by atoms with Gasteiger partial charge in [0, 0.05) is 10.8 Å². The number of aromatic nitrogens is 2. The molecule has 5 heteroatoms. The molecular weight excluding hydrogens is 455 g/mol. The summed E-state index contributed by atoms with van der Waals surface area (Å²) in [4.78, 5) is 9.38. The van der Waals surface area contributed by atoms with Gasteiger partial charge >= 0.3 is 20.4 Å². The van der Waals surface area contributed by atoms with Crippen molar-refractivity contribution in [2.75, 3.05) is 0 Å². The summed E-state index contributed by atoms with van der Waals surface area (Å²) in [5, 5.41) is 22.9. The van der Waals surface area contributed by atoms with Gasteiger partial charge in [-0.2, -0.15) is 0 Å². The SMILES string of the molecule is [O-]c1ccccc1[O-].[Pd+2].c1ccc2nc(-c3ccc4ccccc4n3)ccc2c1. The first-order chi connectivity index (χ1) is 13.7. The van der Waals surface area contributed by atoms with E-state index in [4.69, 9.17) is 0 Å². The van der Waals surface area contributed by atoms with E-state index < -0.39 is 11.5 Å². The fourth-order valence-corrected chi connectivity index (χ4v) is 2.87. The van der Waals surface area contributed by atoms with Gasteiger partial charge in [-0.3, -0.25) is 0 Å². The van der Waals surface area contributed by atoms with Crippen molar-refractivity contribution in [3.63, 3.8) is 0 Å². The Kier molecular flexibility index (Phi) is 6.56.